The van der Waals surface area contributed by atoms with Crippen LogP contribution in [0.4, 0.5) is 0 Å². The van der Waals surface area contributed by atoms with Crippen molar-refractivity contribution in [3.63, 3.8) is 0 Å². The molecule has 2 rings (SSSR count). The fraction of sp³-hybridized carbons (Fsp3) is 0.143. The molecule has 100 valence electrons. The third kappa shape index (κ3) is 3.45. The summed E-state index contributed by atoms with van der Waals surface area (Å²) in [6.45, 7) is 0. The highest BCUT2D eigenvalue weighted by Gasteiger charge is 2.18. The van der Waals surface area contributed by atoms with Crippen molar-refractivity contribution < 1.29 is 0 Å². The van der Waals surface area contributed by atoms with Crippen LogP contribution >= 0.6 is 50.7 Å². The van der Waals surface area contributed by atoms with Gasteiger partial charge in [-0.15, -0.1) is 0 Å². The molecular formula is C14H11BrCl3N. The minimum atomic E-state index is -0.0882. The van der Waals surface area contributed by atoms with Gasteiger partial charge in [0.15, 0.2) is 0 Å². The van der Waals surface area contributed by atoms with Crippen molar-refractivity contribution in [2.75, 3.05) is 7.05 Å². The molecule has 0 spiro atoms. The van der Waals surface area contributed by atoms with Gasteiger partial charge in [-0.1, -0.05) is 56.8 Å². The van der Waals surface area contributed by atoms with Crippen LogP contribution in [-0.2, 0) is 0 Å². The Kier molecular flexibility index (Phi) is 5.15. The molecule has 5 heteroatoms. The van der Waals surface area contributed by atoms with Crippen molar-refractivity contribution in [1.82, 2.24) is 5.32 Å². The van der Waals surface area contributed by atoms with Crippen molar-refractivity contribution in [2.24, 2.45) is 0 Å². The average molecular weight is 380 g/mol. The summed E-state index contributed by atoms with van der Waals surface area (Å²) in [5, 5.41) is 5.15. The lowest BCUT2D eigenvalue weighted by molar-refractivity contribution is 0.692. The van der Waals surface area contributed by atoms with Crippen molar-refractivity contribution in [3.8, 4) is 0 Å². The zero-order valence-electron chi connectivity index (χ0n) is 10.1. The van der Waals surface area contributed by atoms with Crippen LogP contribution in [0.5, 0.6) is 0 Å². The minimum Gasteiger partial charge on any atom is -0.309 e. The van der Waals surface area contributed by atoms with Crippen LogP contribution in [0.1, 0.15) is 17.2 Å². The number of benzene rings is 2. The van der Waals surface area contributed by atoms with E-state index >= 15 is 0 Å². The van der Waals surface area contributed by atoms with Gasteiger partial charge in [-0.2, -0.15) is 0 Å². The van der Waals surface area contributed by atoms with E-state index in [4.69, 9.17) is 34.8 Å². The van der Waals surface area contributed by atoms with Crippen molar-refractivity contribution >= 4 is 50.7 Å². The number of halogens is 4. The van der Waals surface area contributed by atoms with E-state index < -0.39 is 0 Å². The molecule has 0 saturated carbocycles. The first kappa shape index (κ1) is 15.1. The average Bonchev–Trinajstić information content (AvgIpc) is 2.36. The molecule has 2 aromatic carbocycles. The molecule has 0 radical (unpaired) electrons. The molecule has 0 heterocycles. The Morgan fingerprint density at radius 3 is 2.32 bits per heavy atom. The lowest BCUT2D eigenvalue weighted by atomic mass is 9.99. The normalized spacial score (nSPS) is 12.5. The second kappa shape index (κ2) is 6.47. The third-order valence-electron chi connectivity index (χ3n) is 2.83. The monoisotopic (exact) mass is 377 g/mol. The van der Waals surface area contributed by atoms with Gasteiger partial charge in [0.1, 0.15) is 0 Å². The predicted molar refractivity (Wildman–Crippen MR) is 86.5 cm³/mol. The maximum atomic E-state index is 6.27. The van der Waals surface area contributed by atoms with E-state index in [-0.39, 0.29) is 6.04 Å². The summed E-state index contributed by atoms with van der Waals surface area (Å²) in [6, 6.07) is 11.1. The van der Waals surface area contributed by atoms with Crippen LogP contribution in [0, 0.1) is 0 Å². The van der Waals surface area contributed by atoms with Gasteiger partial charge in [-0.3, -0.25) is 0 Å². The smallest absolute Gasteiger partial charge is 0.0604 e. The zero-order chi connectivity index (χ0) is 14.0. The number of rotatable bonds is 3. The van der Waals surface area contributed by atoms with E-state index in [1.165, 1.54) is 0 Å². The molecular weight excluding hydrogens is 368 g/mol. The van der Waals surface area contributed by atoms with Crippen LogP contribution in [0.3, 0.4) is 0 Å². The van der Waals surface area contributed by atoms with Crippen LogP contribution in [0.2, 0.25) is 15.1 Å². The topological polar surface area (TPSA) is 12.0 Å². The zero-order valence-corrected chi connectivity index (χ0v) is 13.9. The molecule has 1 unspecified atom stereocenters. The number of hydrogen-bond donors (Lipinski definition) is 1. The van der Waals surface area contributed by atoms with Crippen LogP contribution < -0.4 is 5.32 Å². The van der Waals surface area contributed by atoms with Crippen LogP contribution in [-0.4, -0.2) is 7.05 Å². The van der Waals surface area contributed by atoms with E-state index in [0.29, 0.717) is 15.1 Å². The molecule has 0 saturated heterocycles. The maximum Gasteiger partial charge on any atom is 0.0604 e. The van der Waals surface area contributed by atoms with Gasteiger partial charge in [0, 0.05) is 19.5 Å². The molecule has 1 atom stereocenters. The van der Waals surface area contributed by atoms with Crippen molar-refractivity contribution in [3.05, 3.63) is 67.1 Å². The summed E-state index contributed by atoms with van der Waals surface area (Å²) in [4.78, 5) is 0. The second-order valence-corrected chi connectivity index (χ2v) is 6.22. The highest BCUT2D eigenvalue weighted by Crippen LogP contribution is 2.34. The highest BCUT2D eigenvalue weighted by atomic mass is 79.9. The van der Waals surface area contributed by atoms with E-state index in [1.807, 2.05) is 37.4 Å². The van der Waals surface area contributed by atoms with Gasteiger partial charge in [-0.05, 0) is 48.5 Å². The van der Waals surface area contributed by atoms with Gasteiger partial charge in [0.05, 0.1) is 6.04 Å². The largest absolute Gasteiger partial charge is 0.309 e. The molecule has 2 aromatic rings. The van der Waals surface area contributed by atoms with Gasteiger partial charge in [-0.25, -0.2) is 0 Å². The van der Waals surface area contributed by atoms with Crippen LogP contribution in [0.15, 0.2) is 40.9 Å². The number of nitrogens with one attached hydrogen (secondary N) is 1. The summed E-state index contributed by atoms with van der Waals surface area (Å²) in [5.41, 5.74) is 1.90. The molecule has 0 amide bonds. The Hall–Kier alpha value is -0.250. The SMILES string of the molecule is CNC(c1ccc(Cl)cc1Cl)c1cc(Br)ccc1Cl. The Labute approximate surface area is 136 Å². The lowest BCUT2D eigenvalue weighted by Crippen LogP contribution is -2.18. The molecule has 0 aromatic heterocycles. The molecule has 0 fully saturated rings. The molecule has 0 bridgehead atoms. The van der Waals surface area contributed by atoms with Gasteiger partial charge in [0.25, 0.3) is 0 Å². The van der Waals surface area contributed by atoms with Crippen molar-refractivity contribution in [2.45, 2.75) is 6.04 Å². The van der Waals surface area contributed by atoms with E-state index in [1.54, 1.807) is 6.07 Å². The predicted octanol–water partition coefficient (Wildman–Crippen LogP) is 5.72. The summed E-state index contributed by atoms with van der Waals surface area (Å²) < 4.78 is 0.970. The minimum absolute atomic E-state index is 0.0882. The molecule has 1 N–H and O–H groups in total. The van der Waals surface area contributed by atoms with Gasteiger partial charge < -0.3 is 5.32 Å². The van der Waals surface area contributed by atoms with E-state index in [9.17, 15) is 0 Å². The first-order valence-corrected chi connectivity index (χ1v) is 7.52. The fourth-order valence-electron chi connectivity index (χ4n) is 1.95. The van der Waals surface area contributed by atoms with E-state index in [0.717, 1.165) is 15.6 Å². The Morgan fingerprint density at radius 1 is 0.947 bits per heavy atom. The second-order valence-electron chi connectivity index (χ2n) is 4.05. The number of hydrogen-bond acceptors (Lipinski definition) is 1. The summed E-state index contributed by atoms with van der Waals surface area (Å²) in [6.07, 6.45) is 0. The third-order valence-corrected chi connectivity index (χ3v) is 4.23. The first-order valence-electron chi connectivity index (χ1n) is 5.60. The van der Waals surface area contributed by atoms with Crippen molar-refractivity contribution in [1.29, 1.82) is 0 Å². The fourth-order valence-corrected chi connectivity index (χ4v) is 3.07. The molecule has 0 aliphatic rings. The Bertz CT molecular complexity index is 601. The molecule has 0 aliphatic heterocycles. The van der Waals surface area contributed by atoms with E-state index in [2.05, 4.69) is 21.2 Å². The molecule has 1 nitrogen and oxygen atoms in total. The highest BCUT2D eigenvalue weighted by molar-refractivity contribution is 9.10. The van der Waals surface area contributed by atoms with Gasteiger partial charge >= 0.3 is 0 Å². The lowest BCUT2D eigenvalue weighted by Gasteiger charge is -2.20. The van der Waals surface area contributed by atoms with Crippen LogP contribution in [0.25, 0.3) is 0 Å². The quantitative estimate of drug-likeness (QED) is 0.719. The summed E-state index contributed by atoms with van der Waals surface area (Å²) in [5.74, 6) is 0. The Balaban J connectivity index is 2.52. The summed E-state index contributed by atoms with van der Waals surface area (Å²) >= 11 is 21.9. The maximum absolute atomic E-state index is 6.27. The summed E-state index contributed by atoms with van der Waals surface area (Å²) in [7, 11) is 1.87. The first-order chi connectivity index (χ1) is 9.02. The molecule has 19 heavy (non-hydrogen) atoms. The van der Waals surface area contributed by atoms with Gasteiger partial charge in [0.2, 0.25) is 0 Å². The standard InChI is InChI=1S/C14H11BrCl3N/c1-19-14(10-4-3-9(16)7-13(10)18)11-6-8(15)2-5-12(11)17/h2-7,14,19H,1H3. The molecule has 0 aliphatic carbocycles. The Morgan fingerprint density at radius 2 is 1.68 bits per heavy atom.